The highest BCUT2D eigenvalue weighted by Gasteiger charge is 2.18. The zero-order chi connectivity index (χ0) is 19.9. The van der Waals surface area contributed by atoms with E-state index in [0.717, 1.165) is 16.7 Å². The number of carbonyl (C=O) groups excluding carboxylic acids is 1. The first-order valence-electron chi connectivity index (χ1n) is 9.39. The molecule has 1 amide bonds. The summed E-state index contributed by atoms with van der Waals surface area (Å²) >= 11 is 0. The average Bonchev–Trinajstić information content (AvgIpc) is 3.27. The summed E-state index contributed by atoms with van der Waals surface area (Å²) in [6.45, 7) is 0.188. The molecule has 0 spiro atoms. The zero-order valence-corrected chi connectivity index (χ0v) is 15.7. The first kappa shape index (κ1) is 18.6. The van der Waals surface area contributed by atoms with E-state index in [1.807, 2.05) is 60.7 Å². The van der Waals surface area contributed by atoms with Crippen LogP contribution < -0.4 is 5.32 Å². The second-order valence-electron chi connectivity index (χ2n) is 6.59. The first-order valence-corrected chi connectivity index (χ1v) is 9.39. The van der Waals surface area contributed by atoms with Gasteiger partial charge in [-0.2, -0.15) is 0 Å². The molecule has 2 aromatic heterocycles. The maximum Gasteiger partial charge on any atom is 0.247 e. The Hall–Kier alpha value is -3.80. The summed E-state index contributed by atoms with van der Waals surface area (Å²) in [5.74, 6) is 0.670. The van der Waals surface area contributed by atoms with Gasteiger partial charge in [-0.3, -0.25) is 9.78 Å². The van der Waals surface area contributed by atoms with Crippen LogP contribution in [0.4, 0.5) is 0 Å². The quantitative estimate of drug-likeness (QED) is 0.521. The van der Waals surface area contributed by atoms with Crippen LogP contribution in [0.15, 0.2) is 89.6 Å². The largest absolute Gasteiger partial charge is 0.419 e. The molecule has 0 aliphatic rings. The number of amides is 1. The van der Waals surface area contributed by atoms with E-state index in [1.54, 1.807) is 24.5 Å². The van der Waals surface area contributed by atoms with Gasteiger partial charge in [-0.15, -0.1) is 10.2 Å². The van der Waals surface area contributed by atoms with Crippen molar-refractivity contribution in [3.63, 3.8) is 0 Å². The van der Waals surface area contributed by atoms with E-state index in [0.29, 0.717) is 18.2 Å². The number of hydrogen-bond acceptors (Lipinski definition) is 5. The summed E-state index contributed by atoms with van der Waals surface area (Å²) < 4.78 is 5.63. The van der Waals surface area contributed by atoms with Crippen LogP contribution in [0.5, 0.6) is 0 Å². The van der Waals surface area contributed by atoms with Crippen molar-refractivity contribution >= 4 is 5.91 Å². The molecule has 29 heavy (non-hydrogen) atoms. The summed E-state index contributed by atoms with van der Waals surface area (Å²) in [7, 11) is 0. The maximum atomic E-state index is 12.6. The number of hydrogen-bond donors (Lipinski definition) is 1. The lowest BCUT2D eigenvalue weighted by Crippen LogP contribution is -2.25. The molecule has 2 aromatic carbocycles. The molecule has 4 rings (SSSR count). The summed E-state index contributed by atoms with van der Waals surface area (Å²) in [5.41, 5.74) is 3.00. The Bertz CT molecular complexity index is 1010. The highest BCUT2D eigenvalue weighted by atomic mass is 16.4. The summed E-state index contributed by atoms with van der Waals surface area (Å²) in [6, 6.07) is 23.7. The van der Waals surface area contributed by atoms with Gasteiger partial charge in [0.25, 0.3) is 0 Å². The molecule has 1 N–H and O–H groups in total. The molecule has 6 heteroatoms. The van der Waals surface area contributed by atoms with Crippen LogP contribution in [0.3, 0.4) is 0 Å². The van der Waals surface area contributed by atoms with Gasteiger partial charge in [-0.1, -0.05) is 60.7 Å². The highest BCUT2D eigenvalue weighted by molar-refractivity contribution is 5.77. The SMILES string of the molecule is O=C(CC(c1ccccc1)c1ccccc1)NCc1nnc(-c2ccncc2)o1. The number of nitrogens with one attached hydrogen (secondary N) is 1. The summed E-state index contributed by atoms with van der Waals surface area (Å²) in [5, 5.41) is 10.9. The van der Waals surface area contributed by atoms with Gasteiger partial charge in [0.2, 0.25) is 17.7 Å². The van der Waals surface area contributed by atoms with Crippen molar-refractivity contribution in [1.29, 1.82) is 0 Å². The monoisotopic (exact) mass is 384 g/mol. The Morgan fingerprint density at radius 2 is 1.48 bits per heavy atom. The third-order valence-electron chi connectivity index (χ3n) is 4.62. The van der Waals surface area contributed by atoms with Crippen molar-refractivity contribution < 1.29 is 9.21 Å². The van der Waals surface area contributed by atoms with E-state index in [4.69, 9.17) is 4.42 Å². The first-order chi connectivity index (χ1) is 14.3. The van der Waals surface area contributed by atoms with Gasteiger partial charge in [0.1, 0.15) is 0 Å². The van der Waals surface area contributed by atoms with Crippen molar-refractivity contribution in [2.45, 2.75) is 18.9 Å². The van der Waals surface area contributed by atoms with Crippen LogP contribution in [-0.4, -0.2) is 21.1 Å². The van der Waals surface area contributed by atoms with E-state index >= 15 is 0 Å². The second kappa shape index (κ2) is 8.93. The van der Waals surface area contributed by atoms with E-state index < -0.39 is 0 Å². The number of pyridine rings is 1. The van der Waals surface area contributed by atoms with E-state index in [2.05, 4.69) is 20.5 Å². The van der Waals surface area contributed by atoms with Crippen LogP contribution in [0.25, 0.3) is 11.5 Å². The van der Waals surface area contributed by atoms with Crippen LogP contribution in [0.1, 0.15) is 29.4 Å². The van der Waals surface area contributed by atoms with E-state index in [1.165, 1.54) is 0 Å². The molecule has 0 saturated heterocycles. The zero-order valence-electron chi connectivity index (χ0n) is 15.7. The fraction of sp³-hybridized carbons (Fsp3) is 0.130. The maximum absolute atomic E-state index is 12.6. The molecule has 0 aliphatic heterocycles. The van der Waals surface area contributed by atoms with Crippen molar-refractivity contribution in [3.8, 4) is 11.5 Å². The van der Waals surface area contributed by atoms with Crippen molar-refractivity contribution in [2.24, 2.45) is 0 Å². The van der Waals surface area contributed by atoms with Crippen molar-refractivity contribution in [1.82, 2.24) is 20.5 Å². The molecule has 6 nitrogen and oxygen atoms in total. The number of benzene rings is 2. The number of carbonyl (C=O) groups is 1. The topological polar surface area (TPSA) is 80.9 Å². The lowest BCUT2D eigenvalue weighted by atomic mass is 9.88. The molecule has 4 aromatic rings. The lowest BCUT2D eigenvalue weighted by Gasteiger charge is -2.17. The van der Waals surface area contributed by atoms with Gasteiger partial charge < -0.3 is 9.73 Å². The minimum absolute atomic E-state index is 0.0209. The Kier molecular flexibility index (Phi) is 5.71. The molecule has 0 saturated carbocycles. The number of rotatable bonds is 7. The molecule has 0 bridgehead atoms. The average molecular weight is 384 g/mol. The number of nitrogens with zero attached hydrogens (tertiary/aromatic N) is 3. The van der Waals surface area contributed by atoms with Gasteiger partial charge in [0.05, 0.1) is 6.54 Å². The van der Waals surface area contributed by atoms with Gasteiger partial charge in [-0.05, 0) is 23.3 Å². The van der Waals surface area contributed by atoms with Gasteiger partial charge in [0.15, 0.2) is 0 Å². The Labute approximate surface area is 168 Å². The predicted octanol–water partition coefficient (Wildman–Crippen LogP) is 3.97. The minimum atomic E-state index is -0.0774. The van der Waals surface area contributed by atoms with Crippen LogP contribution in [0.2, 0.25) is 0 Å². The van der Waals surface area contributed by atoms with Gasteiger partial charge >= 0.3 is 0 Å². The molecule has 0 atom stereocenters. The van der Waals surface area contributed by atoms with E-state index in [-0.39, 0.29) is 18.4 Å². The van der Waals surface area contributed by atoms with Gasteiger partial charge in [0, 0.05) is 30.3 Å². The third-order valence-corrected chi connectivity index (χ3v) is 4.62. The molecule has 0 aliphatic carbocycles. The molecule has 144 valence electrons. The molecule has 0 fully saturated rings. The van der Waals surface area contributed by atoms with Crippen molar-refractivity contribution in [2.75, 3.05) is 0 Å². The lowest BCUT2D eigenvalue weighted by molar-refractivity contribution is -0.121. The Morgan fingerprint density at radius 3 is 2.10 bits per heavy atom. The molecule has 0 unspecified atom stereocenters. The predicted molar refractivity (Wildman–Crippen MR) is 109 cm³/mol. The highest BCUT2D eigenvalue weighted by Crippen LogP contribution is 2.27. The normalized spacial score (nSPS) is 10.8. The molecular weight excluding hydrogens is 364 g/mol. The smallest absolute Gasteiger partial charge is 0.247 e. The molecular formula is C23H20N4O2. The standard InChI is InChI=1S/C23H20N4O2/c28-21(25-16-22-26-27-23(29-22)19-11-13-24-14-12-19)15-20(17-7-3-1-4-8-17)18-9-5-2-6-10-18/h1-14,20H,15-16H2,(H,25,28). The van der Waals surface area contributed by atoms with Gasteiger partial charge in [-0.25, -0.2) is 0 Å². The van der Waals surface area contributed by atoms with Crippen LogP contribution in [-0.2, 0) is 11.3 Å². The van der Waals surface area contributed by atoms with Crippen LogP contribution in [0, 0.1) is 0 Å². The van der Waals surface area contributed by atoms with Crippen molar-refractivity contribution in [3.05, 3.63) is 102 Å². The van der Waals surface area contributed by atoms with Crippen LogP contribution >= 0.6 is 0 Å². The number of aromatic nitrogens is 3. The third kappa shape index (κ3) is 4.73. The molecule has 0 radical (unpaired) electrons. The second-order valence-corrected chi connectivity index (χ2v) is 6.59. The Balaban J connectivity index is 1.42. The minimum Gasteiger partial charge on any atom is -0.419 e. The fourth-order valence-corrected chi connectivity index (χ4v) is 3.17. The fourth-order valence-electron chi connectivity index (χ4n) is 3.17. The van der Waals surface area contributed by atoms with E-state index in [9.17, 15) is 4.79 Å². The molecule has 2 heterocycles. The Morgan fingerprint density at radius 1 is 0.862 bits per heavy atom. The summed E-state index contributed by atoms with van der Waals surface area (Å²) in [4.78, 5) is 16.6. The summed E-state index contributed by atoms with van der Waals surface area (Å²) in [6.07, 6.45) is 3.65.